The van der Waals surface area contributed by atoms with Crippen LogP contribution in [-0.2, 0) is 14.3 Å². The molecule has 2 atom stereocenters. The number of carbonyl (C=O) groups is 2. The zero-order valence-corrected chi connectivity index (χ0v) is 39.0. The maximum absolute atomic E-state index is 12.4. The van der Waals surface area contributed by atoms with Crippen LogP contribution in [0.15, 0.2) is 12.2 Å². The molecule has 1 amide bonds. The van der Waals surface area contributed by atoms with Gasteiger partial charge in [-0.2, -0.15) is 0 Å². The van der Waals surface area contributed by atoms with Crippen LogP contribution in [0.2, 0.25) is 0 Å². The van der Waals surface area contributed by atoms with E-state index in [4.69, 9.17) is 4.74 Å². The van der Waals surface area contributed by atoms with Crippen LogP contribution in [-0.4, -0.2) is 47.4 Å². The number of amides is 1. The number of allylic oxidation sites excluding steroid dienone is 1. The molecule has 344 valence electrons. The average Bonchev–Trinajstić information content (AvgIpc) is 3.22. The maximum Gasteiger partial charge on any atom is 0.305 e. The molecule has 0 fully saturated rings. The quantitative estimate of drug-likeness (QED) is 0.0323. The summed E-state index contributed by atoms with van der Waals surface area (Å²) in [6.45, 7) is 4.85. The highest BCUT2D eigenvalue weighted by molar-refractivity contribution is 5.76. The summed E-state index contributed by atoms with van der Waals surface area (Å²) in [5.74, 6) is -0.117. The van der Waals surface area contributed by atoms with Crippen molar-refractivity contribution in [1.82, 2.24) is 5.32 Å². The monoisotopic (exact) mass is 820 g/mol. The highest BCUT2D eigenvalue weighted by Gasteiger charge is 2.18. The fourth-order valence-electron chi connectivity index (χ4n) is 8.05. The van der Waals surface area contributed by atoms with Crippen molar-refractivity contribution in [2.75, 3.05) is 13.2 Å². The van der Waals surface area contributed by atoms with Crippen molar-refractivity contribution in [2.45, 2.75) is 296 Å². The van der Waals surface area contributed by atoms with Gasteiger partial charge in [0.25, 0.3) is 0 Å². The van der Waals surface area contributed by atoms with Gasteiger partial charge in [-0.15, -0.1) is 0 Å². The molecule has 0 aromatic carbocycles. The van der Waals surface area contributed by atoms with E-state index in [0.29, 0.717) is 19.4 Å². The Morgan fingerprint density at radius 3 is 1.17 bits per heavy atom. The SMILES string of the molecule is CCCCCCCCCCCCCC/C=C/C(O)C(CO)NC(=O)CCCCCCCCCCCOC(=O)CCCCCCCCCCCCCCCCCCCC. The summed E-state index contributed by atoms with van der Waals surface area (Å²) in [7, 11) is 0. The summed E-state index contributed by atoms with van der Waals surface area (Å²) in [5, 5.41) is 23.0. The largest absolute Gasteiger partial charge is 0.466 e. The first-order valence-electron chi connectivity index (χ1n) is 26.0. The number of nitrogens with one attached hydrogen (secondary N) is 1. The first-order valence-corrected chi connectivity index (χ1v) is 26.0. The molecule has 0 spiro atoms. The molecule has 0 aromatic heterocycles. The maximum atomic E-state index is 12.4. The highest BCUT2D eigenvalue weighted by atomic mass is 16.5. The molecule has 58 heavy (non-hydrogen) atoms. The van der Waals surface area contributed by atoms with Crippen LogP contribution in [0.1, 0.15) is 284 Å². The Morgan fingerprint density at radius 2 is 0.793 bits per heavy atom. The predicted octanol–water partition coefficient (Wildman–Crippen LogP) is 15.3. The van der Waals surface area contributed by atoms with E-state index in [1.807, 2.05) is 6.08 Å². The number of carbonyl (C=O) groups excluding carboxylic acids is 2. The van der Waals surface area contributed by atoms with E-state index in [0.717, 1.165) is 57.8 Å². The Kier molecular flexibility index (Phi) is 47.1. The minimum atomic E-state index is -0.860. The number of hydrogen-bond donors (Lipinski definition) is 3. The van der Waals surface area contributed by atoms with E-state index in [9.17, 15) is 19.8 Å². The summed E-state index contributed by atoms with van der Waals surface area (Å²) in [6, 6.07) is -0.646. The fraction of sp³-hybridized carbons (Fsp3) is 0.923. The molecule has 0 aliphatic rings. The number of aliphatic hydroxyl groups excluding tert-OH is 2. The van der Waals surface area contributed by atoms with Crippen molar-refractivity contribution in [3.8, 4) is 0 Å². The van der Waals surface area contributed by atoms with Crippen LogP contribution in [0.25, 0.3) is 0 Å². The first kappa shape index (κ1) is 56.6. The smallest absolute Gasteiger partial charge is 0.305 e. The number of rotatable bonds is 48. The predicted molar refractivity (Wildman–Crippen MR) is 250 cm³/mol. The molecule has 0 radical (unpaired) electrons. The lowest BCUT2D eigenvalue weighted by Gasteiger charge is -2.20. The van der Waals surface area contributed by atoms with E-state index < -0.39 is 12.1 Å². The lowest BCUT2D eigenvalue weighted by atomic mass is 10.0. The van der Waals surface area contributed by atoms with E-state index in [2.05, 4.69) is 19.2 Å². The Balaban J connectivity index is 3.48. The van der Waals surface area contributed by atoms with Crippen molar-refractivity contribution in [2.24, 2.45) is 0 Å². The second kappa shape index (κ2) is 48.3. The lowest BCUT2D eigenvalue weighted by molar-refractivity contribution is -0.143. The Hall–Kier alpha value is -1.40. The summed E-state index contributed by atoms with van der Waals surface area (Å²) < 4.78 is 5.46. The van der Waals surface area contributed by atoms with Gasteiger partial charge in [-0.05, 0) is 32.1 Å². The van der Waals surface area contributed by atoms with Crippen LogP contribution in [0.4, 0.5) is 0 Å². The second-order valence-corrected chi connectivity index (χ2v) is 17.9. The van der Waals surface area contributed by atoms with E-state index >= 15 is 0 Å². The standard InChI is InChI=1S/C52H101NO5/c1-3-5-7-9-11-13-15-17-19-20-21-22-24-26-30-34-38-42-46-52(57)58-47-43-39-35-31-27-29-33-37-41-45-51(56)53-49(48-54)50(55)44-40-36-32-28-25-23-18-16-14-12-10-8-6-4-2/h40,44,49-50,54-55H,3-39,41-43,45-48H2,1-2H3,(H,53,56)/b44-40+. The number of hydrogen-bond acceptors (Lipinski definition) is 5. The van der Waals surface area contributed by atoms with Gasteiger partial charge in [0, 0.05) is 12.8 Å². The van der Waals surface area contributed by atoms with Crippen molar-refractivity contribution in [1.29, 1.82) is 0 Å². The van der Waals surface area contributed by atoms with E-state index in [1.54, 1.807) is 6.08 Å². The van der Waals surface area contributed by atoms with Crippen LogP contribution in [0, 0.1) is 0 Å². The molecule has 0 bridgehead atoms. The van der Waals surface area contributed by atoms with Gasteiger partial charge in [-0.1, -0.05) is 251 Å². The van der Waals surface area contributed by atoms with Gasteiger partial charge in [0.2, 0.25) is 5.91 Å². The normalized spacial score (nSPS) is 12.7. The summed E-state index contributed by atoms with van der Waals surface area (Å²) in [6.07, 6.45) is 55.0. The number of unbranched alkanes of at least 4 members (excludes halogenated alkanes) is 37. The molecule has 2 unspecified atom stereocenters. The minimum Gasteiger partial charge on any atom is -0.466 e. The molecule has 0 aliphatic heterocycles. The van der Waals surface area contributed by atoms with Crippen molar-refractivity contribution >= 4 is 11.9 Å². The Labute approximate surface area is 361 Å². The van der Waals surface area contributed by atoms with Gasteiger partial charge < -0.3 is 20.3 Å². The van der Waals surface area contributed by atoms with Gasteiger partial charge in [0.15, 0.2) is 0 Å². The molecular weight excluding hydrogens is 719 g/mol. The average molecular weight is 820 g/mol. The number of aliphatic hydroxyl groups is 2. The summed E-state index contributed by atoms with van der Waals surface area (Å²) >= 11 is 0. The second-order valence-electron chi connectivity index (χ2n) is 17.9. The van der Waals surface area contributed by atoms with Gasteiger partial charge in [-0.3, -0.25) is 9.59 Å². The molecule has 6 heteroatoms. The third-order valence-corrected chi connectivity index (χ3v) is 12.1. The minimum absolute atomic E-state index is 0.0229. The van der Waals surface area contributed by atoms with Crippen LogP contribution in [0.5, 0.6) is 0 Å². The molecule has 0 heterocycles. The first-order chi connectivity index (χ1) is 28.5. The molecule has 0 aliphatic carbocycles. The lowest BCUT2D eigenvalue weighted by Crippen LogP contribution is -2.45. The molecule has 3 N–H and O–H groups in total. The van der Waals surface area contributed by atoms with Crippen LogP contribution >= 0.6 is 0 Å². The fourth-order valence-corrected chi connectivity index (χ4v) is 8.05. The summed E-state index contributed by atoms with van der Waals surface area (Å²) in [5.41, 5.74) is 0. The summed E-state index contributed by atoms with van der Waals surface area (Å²) in [4.78, 5) is 24.5. The molecule has 6 nitrogen and oxygen atoms in total. The van der Waals surface area contributed by atoms with Gasteiger partial charge in [0.1, 0.15) is 0 Å². The van der Waals surface area contributed by atoms with E-state index in [1.165, 1.54) is 199 Å². The van der Waals surface area contributed by atoms with Gasteiger partial charge >= 0.3 is 5.97 Å². The zero-order valence-electron chi connectivity index (χ0n) is 39.0. The molecule has 0 saturated carbocycles. The molecule has 0 saturated heterocycles. The third kappa shape index (κ3) is 44.2. The van der Waals surface area contributed by atoms with Crippen molar-refractivity contribution in [3.05, 3.63) is 12.2 Å². The third-order valence-electron chi connectivity index (χ3n) is 12.1. The molecular formula is C52H101NO5. The number of esters is 1. The van der Waals surface area contributed by atoms with Crippen molar-refractivity contribution in [3.63, 3.8) is 0 Å². The highest BCUT2D eigenvalue weighted by Crippen LogP contribution is 2.16. The van der Waals surface area contributed by atoms with Crippen molar-refractivity contribution < 1.29 is 24.5 Å². The molecule has 0 rings (SSSR count). The number of ether oxygens (including phenoxy) is 1. The Bertz CT molecular complexity index is 863. The van der Waals surface area contributed by atoms with Gasteiger partial charge in [0.05, 0.1) is 25.4 Å². The topological polar surface area (TPSA) is 95.9 Å². The van der Waals surface area contributed by atoms with Gasteiger partial charge in [-0.25, -0.2) is 0 Å². The zero-order chi connectivity index (χ0) is 42.3. The van der Waals surface area contributed by atoms with E-state index in [-0.39, 0.29) is 18.5 Å². The van der Waals surface area contributed by atoms with Crippen LogP contribution < -0.4 is 5.32 Å². The van der Waals surface area contributed by atoms with Crippen LogP contribution in [0.3, 0.4) is 0 Å². The molecule has 0 aromatic rings. The Morgan fingerprint density at radius 1 is 0.466 bits per heavy atom.